The standard InChI is InChI=1S/C12H12ClN3O/c1-7-5-8(2)16-12(15-7)17-9-3-4-11(14)10(13)6-9/h3-6H,14H2,1-2H3. The van der Waals surface area contributed by atoms with Gasteiger partial charge in [-0.3, -0.25) is 0 Å². The maximum absolute atomic E-state index is 5.90. The third kappa shape index (κ3) is 2.85. The molecule has 2 N–H and O–H groups in total. The molecule has 0 amide bonds. The molecule has 5 heteroatoms. The van der Waals surface area contributed by atoms with Crippen LogP contribution in [0.15, 0.2) is 24.3 Å². The number of benzene rings is 1. The Kier molecular flexibility index (Phi) is 3.15. The number of nitrogens with two attached hydrogens (primary N) is 1. The molecule has 0 radical (unpaired) electrons. The minimum Gasteiger partial charge on any atom is -0.424 e. The molecule has 88 valence electrons. The zero-order valence-electron chi connectivity index (χ0n) is 9.57. The number of rotatable bonds is 2. The minimum absolute atomic E-state index is 0.309. The fourth-order valence-corrected chi connectivity index (χ4v) is 1.59. The van der Waals surface area contributed by atoms with E-state index in [1.807, 2.05) is 19.9 Å². The second kappa shape index (κ2) is 4.59. The van der Waals surface area contributed by atoms with Gasteiger partial charge in [-0.05, 0) is 32.0 Å². The van der Waals surface area contributed by atoms with Gasteiger partial charge in [0.2, 0.25) is 0 Å². The first-order chi connectivity index (χ1) is 8.04. The van der Waals surface area contributed by atoms with E-state index in [9.17, 15) is 0 Å². The molecule has 0 spiro atoms. The molecular weight excluding hydrogens is 238 g/mol. The van der Waals surface area contributed by atoms with Gasteiger partial charge in [0.1, 0.15) is 5.75 Å². The van der Waals surface area contributed by atoms with Gasteiger partial charge in [0.25, 0.3) is 0 Å². The maximum atomic E-state index is 5.90. The van der Waals surface area contributed by atoms with Gasteiger partial charge in [0.15, 0.2) is 0 Å². The predicted molar refractivity (Wildman–Crippen MR) is 67.4 cm³/mol. The Morgan fingerprint density at radius 2 is 1.76 bits per heavy atom. The average molecular weight is 250 g/mol. The van der Waals surface area contributed by atoms with Crippen LogP contribution in [-0.2, 0) is 0 Å². The van der Waals surface area contributed by atoms with Gasteiger partial charge in [-0.15, -0.1) is 0 Å². The van der Waals surface area contributed by atoms with Crippen molar-refractivity contribution < 1.29 is 4.74 Å². The second-order valence-electron chi connectivity index (χ2n) is 3.72. The first kappa shape index (κ1) is 11.7. The van der Waals surface area contributed by atoms with E-state index in [0.29, 0.717) is 22.5 Å². The smallest absolute Gasteiger partial charge is 0.322 e. The van der Waals surface area contributed by atoms with Crippen molar-refractivity contribution in [2.75, 3.05) is 5.73 Å². The Balaban J connectivity index is 2.28. The lowest BCUT2D eigenvalue weighted by molar-refractivity contribution is 0.439. The number of nitrogen functional groups attached to an aromatic ring is 1. The summed E-state index contributed by atoms with van der Waals surface area (Å²) in [6, 6.07) is 7.23. The van der Waals surface area contributed by atoms with Gasteiger partial charge in [-0.2, -0.15) is 0 Å². The SMILES string of the molecule is Cc1cc(C)nc(Oc2ccc(N)c(Cl)c2)n1. The van der Waals surface area contributed by atoms with E-state index in [0.717, 1.165) is 11.4 Å². The topological polar surface area (TPSA) is 61.0 Å². The highest BCUT2D eigenvalue weighted by molar-refractivity contribution is 6.33. The number of aromatic nitrogens is 2. The van der Waals surface area contributed by atoms with Crippen LogP contribution in [0.3, 0.4) is 0 Å². The van der Waals surface area contributed by atoms with Crippen molar-refractivity contribution in [1.29, 1.82) is 0 Å². The summed E-state index contributed by atoms with van der Waals surface area (Å²) < 4.78 is 5.51. The van der Waals surface area contributed by atoms with E-state index in [4.69, 9.17) is 22.1 Å². The van der Waals surface area contributed by atoms with E-state index in [1.54, 1.807) is 18.2 Å². The molecular formula is C12H12ClN3O. The van der Waals surface area contributed by atoms with Gasteiger partial charge >= 0.3 is 6.01 Å². The number of nitrogens with zero attached hydrogens (tertiary/aromatic N) is 2. The quantitative estimate of drug-likeness (QED) is 0.831. The van der Waals surface area contributed by atoms with E-state index in [1.165, 1.54) is 0 Å². The highest BCUT2D eigenvalue weighted by atomic mass is 35.5. The van der Waals surface area contributed by atoms with E-state index in [2.05, 4.69) is 9.97 Å². The number of halogens is 1. The van der Waals surface area contributed by atoms with E-state index in [-0.39, 0.29) is 0 Å². The van der Waals surface area contributed by atoms with Crippen LogP contribution >= 0.6 is 11.6 Å². The normalized spacial score (nSPS) is 10.3. The molecule has 0 aliphatic carbocycles. The number of anilines is 1. The number of ether oxygens (including phenoxy) is 1. The molecule has 2 aromatic rings. The molecule has 0 unspecified atom stereocenters. The molecule has 0 saturated carbocycles. The van der Waals surface area contributed by atoms with E-state index >= 15 is 0 Å². The molecule has 0 saturated heterocycles. The molecule has 17 heavy (non-hydrogen) atoms. The number of hydrogen-bond donors (Lipinski definition) is 1. The lowest BCUT2D eigenvalue weighted by Gasteiger charge is -2.06. The number of hydrogen-bond acceptors (Lipinski definition) is 4. The average Bonchev–Trinajstić information content (AvgIpc) is 2.22. The summed E-state index contributed by atoms with van der Waals surface area (Å²) in [5.74, 6) is 0.564. The fraction of sp³-hybridized carbons (Fsp3) is 0.167. The first-order valence-corrected chi connectivity index (χ1v) is 5.47. The third-order valence-electron chi connectivity index (χ3n) is 2.14. The molecule has 0 atom stereocenters. The lowest BCUT2D eigenvalue weighted by atomic mass is 10.3. The van der Waals surface area contributed by atoms with Crippen molar-refractivity contribution in [2.45, 2.75) is 13.8 Å². The maximum Gasteiger partial charge on any atom is 0.322 e. The summed E-state index contributed by atoms with van der Waals surface area (Å²) in [6.45, 7) is 3.77. The van der Waals surface area contributed by atoms with Crippen LogP contribution in [0.2, 0.25) is 5.02 Å². The van der Waals surface area contributed by atoms with Crippen molar-refractivity contribution in [3.63, 3.8) is 0 Å². The molecule has 4 nitrogen and oxygen atoms in total. The first-order valence-electron chi connectivity index (χ1n) is 5.10. The molecule has 0 aliphatic rings. The summed E-state index contributed by atoms with van der Waals surface area (Å²) in [7, 11) is 0. The zero-order chi connectivity index (χ0) is 12.4. The van der Waals surface area contributed by atoms with Crippen LogP contribution in [0, 0.1) is 13.8 Å². The largest absolute Gasteiger partial charge is 0.424 e. The Bertz CT molecular complexity index is 537. The molecule has 1 aromatic heterocycles. The monoisotopic (exact) mass is 249 g/mol. The summed E-state index contributed by atoms with van der Waals surface area (Å²) >= 11 is 5.90. The van der Waals surface area contributed by atoms with Gasteiger partial charge in [-0.1, -0.05) is 11.6 Å². The molecule has 0 bridgehead atoms. The lowest BCUT2D eigenvalue weighted by Crippen LogP contribution is -1.96. The molecule has 1 heterocycles. The summed E-state index contributed by atoms with van der Waals surface area (Å²) in [5, 5.41) is 0.451. The van der Waals surface area contributed by atoms with Crippen molar-refractivity contribution in [1.82, 2.24) is 9.97 Å². The van der Waals surface area contributed by atoms with Crippen molar-refractivity contribution in [3.05, 3.63) is 40.7 Å². The Labute approximate surface area is 104 Å². The summed E-state index contributed by atoms with van der Waals surface area (Å²) in [4.78, 5) is 8.35. The van der Waals surface area contributed by atoms with Gasteiger partial charge in [0.05, 0.1) is 10.7 Å². The van der Waals surface area contributed by atoms with Crippen LogP contribution in [0.1, 0.15) is 11.4 Å². The van der Waals surface area contributed by atoms with Crippen molar-refractivity contribution in [3.8, 4) is 11.8 Å². The fourth-order valence-electron chi connectivity index (χ4n) is 1.42. The van der Waals surface area contributed by atoms with Crippen LogP contribution in [0.5, 0.6) is 11.8 Å². The number of aryl methyl sites for hydroxylation is 2. The Hall–Kier alpha value is -1.81. The Morgan fingerprint density at radius 3 is 2.35 bits per heavy atom. The minimum atomic E-state index is 0.309. The van der Waals surface area contributed by atoms with Crippen molar-refractivity contribution >= 4 is 17.3 Å². The van der Waals surface area contributed by atoms with Crippen LogP contribution in [-0.4, -0.2) is 9.97 Å². The van der Waals surface area contributed by atoms with Gasteiger partial charge in [0, 0.05) is 17.5 Å². The zero-order valence-corrected chi connectivity index (χ0v) is 10.3. The highest BCUT2D eigenvalue weighted by Crippen LogP contribution is 2.26. The summed E-state index contributed by atoms with van der Waals surface area (Å²) in [5.41, 5.74) is 7.84. The highest BCUT2D eigenvalue weighted by Gasteiger charge is 2.04. The van der Waals surface area contributed by atoms with Gasteiger partial charge in [-0.25, -0.2) is 9.97 Å². The molecule has 2 rings (SSSR count). The van der Waals surface area contributed by atoms with Crippen LogP contribution in [0.25, 0.3) is 0 Å². The molecule has 0 fully saturated rings. The van der Waals surface area contributed by atoms with Gasteiger partial charge < -0.3 is 10.5 Å². The van der Waals surface area contributed by atoms with Crippen LogP contribution in [0.4, 0.5) is 5.69 Å². The predicted octanol–water partition coefficient (Wildman–Crippen LogP) is 3.12. The third-order valence-corrected chi connectivity index (χ3v) is 2.47. The van der Waals surface area contributed by atoms with E-state index < -0.39 is 0 Å². The molecule has 1 aromatic carbocycles. The second-order valence-corrected chi connectivity index (χ2v) is 4.13. The molecule has 0 aliphatic heterocycles. The van der Waals surface area contributed by atoms with Crippen molar-refractivity contribution in [2.24, 2.45) is 0 Å². The summed E-state index contributed by atoms with van der Waals surface area (Å²) in [6.07, 6.45) is 0. The van der Waals surface area contributed by atoms with Crippen LogP contribution < -0.4 is 10.5 Å². The Morgan fingerprint density at radius 1 is 1.12 bits per heavy atom.